The van der Waals surface area contributed by atoms with Crippen LogP contribution in [0.25, 0.3) is 22.4 Å². The molecule has 0 aliphatic rings. The molecule has 0 aliphatic carbocycles. The second-order valence-corrected chi connectivity index (χ2v) is 7.67. The Morgan fingerprint density at radius 1 is 1.00 bits per heavy atom. The summed E-state index contributed by atoms with van der Waals surface area (Å²) >= 11 is 0. The second kappa shape index (κ2) is 10.3. The molecule has 7 nitrogen and oxygen atoms in total. The van der Waals surface area contributed by atoms with Crippen molar-refractivity contribution >= 4 is 5.91 Å². The number of benzene rings is 1. The number of aryl methyl sites for hydroxylation is 1. The summed E-state index contributed by atoms with van der Waals surface area (Å²) in [5, 5.41) is 2.77. The topological polar surface area (TPSA) is 86.2 Å². The number of hydrogen-bond acceptors (Lipinski definition) is 6. The third-order valence-electron chi connectivity index (χ3n) is 5.27. The number of aromatic nitrogens is 3. The Hall–Kier alpha value is -4.40. The van der Waals surface area contributed by atoms with Crippen LogP contribution in [0.15, 0.2) is 61.1 Å². The van der Waals surface area contributed by atoms with Crippen molar-refractivity contribution in [1.29, 1.82) is 0 Å². The average molecular weight is 476 g/mol. The van der Waals surface area contributed by atoms with Crippen molar-refractivity contribution in [3.63, 3.8) is 0 Å². The molecule has 0 aliphatic heterocycles. The maximum Gasteiger partial charge on any atom is 0.257 e. The first-order valence-electron chi connectivity index (χ1n) is 10.6. The molecule has 178 valence electrons. The van der Waals surface area contributed by atoms with Gasteiger partial charge < -0.3 is 14.8 Å². The van der Waals surface area contributed by atoms with E-state index in [2.05, 4.69) is 20.3 Å². The predicted molar refractivity (Wildman–Crippen MR) is 126 cm³/mol. The zero-order valence-corrected chi connectivity index (χ0v) is 19.3. The highest BCUT2D eigenvalue weighted by Crippen LogP contribution is 2.30. The Morgan fingerprint density at radius 2 is 1.80 bits per heavy atom. The summed E-state index contributed by atoms with van der Waals surface area (Å²) in [6.07, 6.45) is 4.85. The highest BCUT2D eigenvalue weighted by atomic mass is 19.2. The molecule has 0 bridgehead atoms. The number of methoxy groups -OCH3 is 2. The van der Waals surface area contributed by atoms with Gasteiger partial charge in [0.15, 0.2) is 17.4 Å². The van der Waals surface area contributed by atoms with Crippen molar-refractivity contribution in [3.8, 4) is 34.0 Å². The fourth-order valence-corrected chi connectivity index (χ4v) is 3.54. The first-order chi connectivity index (χ1) is 16.9. The van der Waals surface area contributed by atoms with Gasteiger partial charge in [0.25, 0.3) is 11.8 Å². The van der Waals surface area contributed by atoms with Gasteiger partial charge in [-0.2, -0.15) is 0 Å². The minimum Gasteiger partial charge on any atom is -0.491 e. The van der Waals surface area contributed by atoms with Crippen molar-refractivity contribution in [2.24, 2.45) is 0 Å². The number of hydrogen-bond donors (Lipinski definition) is 1. The van der Waals surface area contributed by atoms with Crippen LogP contribution in [0.5, 0.6) is 11.6 Å². The SMILES string of the molecule is COc1ccc(CNC(=O)c2cc(-c3cncc(C)c3)cnc2-c2cccc(F)c2F)nc1OC. The van der Waals surface area contributed by atoms with E-state index < -0.39 is 17.5 Å². The Balaban J connectivity index is 1.72. The van der Waals surface area contributed by atoms with Crippen LogP contribution in [-0.4, -0.2) is 35.1 Å². The molecule has 1 amide bonds. The smallest absolute Gasteiger partial charge is 0.257 e. The number of carbonyl (C=O) groups excluding carboxylic acids is 1. The lowest BCUT2D eigenvalue weighted by Gasteiger charge is -2.13. The fraction of sp³-hybridized carbons (Fsp3) is 0.154. The summed E-state index contributed by atoms with van der Waals surface area (Å²) < 4.78 is 39.0. The van der Waals surface area contributed by atoms with Crippen molar-refractivity contribution in [1.82, 2.24) is 20.3 Å². The van der Waals surface area contributed by atoms with Gasteiger partial charge in [0, 0.05) is 35.3 Å². The lowest BCUT2D eigenvalue weighted by molar-refractivity contribution is 0.0950. The normalized spacial score (nSPS) is 10.7. The van der Waals surface area contributed by atoms with Crippen LogP contribution in [0.3, 0.4) is 0 Å². The van der Waals surface area contributed by atoms with E-state index in [-0.39, 0.29) is 29.2 Å². The maximum atomic E-state index is 14.6. The minimum absolute atomic E-state index is 0.0177. The van der Waals surface area contributed by atoms with Crippen molar-refractivity contribution < 1.29 is 23.0 Å². The lowest BCUT2D eigenvalue weighted by atomic mass is 10.00. The summed E-state index contributed by atoms with van der Waals surface area (Å²) in [6, 6.07) is 10.6. The summed E-state index contributed by atoms with van der Waals surface area (Å²) in [6.45, 7) is 1.95. The molecule has 0 fully saturated rings. The lowest BCUT2D eigenvalue weighted by Crippen LogP contribution is -2.24. The van der Waals surface area contributed by atoms with Gasteiger partial charge in [-0.3, -0.25) is 14.8 Å². The fourth-order valence-electron chi connectivity index (χ4n) is 3.54. The van der Waals surface area contributed by atoms with Crippen molar-refractivity contribution in [3.05, 3.63) is 89.5 Å². The number of carbonyl (C=O) groups is 1. The summed E-state index contributed by atoms with van der Waals surface area (Å²) in [4.78, 5) is 26.1. The summed E-state index contributed by atoms with van der Waals surface area (Å²) in [5.74, 6) is -1.92. The Morgan fingerprint density at radius 3 is 2.54 bits per heavy atom. The molecule has 0 radical (unpaired) electrons. The minimum atomic E-state index is -1.08. The number of nitrogens with one attached hydrogen (secondary N) is 1. The predicted octanol–water partition coefficient (Wildman–Crippen LogP) is 4.74. The van der Waals surface area contributed by atoms with Gasteiger partial charge in [0.2, 0.25) is 0 Å². The van der Waals surface area contributed by atoms with Gasteiger partial charge in [0.05, 0.1) is 37.7 Å². The molecule has 3 heterocycles. The Bertz CT molecular complexity index is 1400. The highest BCUT2D eigenvalue weighted by Gasteiger charge is 2.20. The van der Waals surface area contributed by atoms with Crippen LogP contribution in [0, 0.1) is 18.6 Å². The number of rotatable bonds is 7. The number of nitrogens with zero attached hydrogens (tertiary/aromatic N) is 3. The molecule has 0 unspecified atom stereocenters. The van der Waals surface area contributed by atoms with Gasteiger partial charge in [-0.15, -0.1) is 0 Å². The summed E-state index contributed by atoms with van der Waals surface area (Å²) in [5.41, 5.74) is 2.76. The quantitative estimate of drug-likeness (QED) is 0.415. The standard InChI is InChI=1S/C26H22F2N4O3/c1-15-9-16(12-29-11-15)17-10-20(24(30-13-17)19-5-4-6-21(27)23(19)28)25(33)31-14-18-7-8-22(34-2)26(32-18)35-3/h4-13H,14H2,1-3H3,(H,31,33). The molecule has 0 spiro atoms. The van der Waals surface area contributed by atoms with Crippen LogP contribution in [0.1, 0.15) is 21.6 Å². The molecule has 4 aromatic rings. The molecule has 3 aromatic heterocycles. The maximum absolute atomic E-state index is 14.6. The molecule has 0 saturated carbocycles. The van der Waals surface area contributed by atoms with E-state index in [1.807, 2.05) is 13.0 Å². The van der Waals surface area contributed by atoms with E-state index in [0.717, 1.165) is 17.2 Å². The second-order valence-electron chi connectivity index (χ2n) is 7.67. The van der Waals surface area contributed by atoms with Crippen LogP contribution in [0.4, 0.5) is 8.78 Å². The third kappa shape index (κ3) is 5.08. The molecular weight excluding hydrogens is 454 g/mol. The van der Waals surface area contributed by atoms with Gasteiger partial charge in [0.1, 0.15) is 0 Å². The Kier molecular flexibility index (Phi) is 6.96. The average Bonchev–Trinajstić information content (AvgIpc) is 2.88. The zero-order valence-electron chi connectivity index (χ0n) is 19.3. The van der Waals surface area contributed by atoms with E-state index in [1.54, 1.807) is 30.6 Å². The largest absolute Gasteiger partial charge is 0.491 e. The van der Waals surface area contributed by atoms with Crippen LogP contribution >= 0.6 is 0 Å². The van der Waals surface area contributed by atoms with Crippen molar-refractivity contribution in [2.45, 2.75) is 13.5 Å². The third-order valence-corrected chi connectivity index (χ3v) is 5.27. The number of ether oxygens (including phenoxy) is 2. The molecule has 35 heavy (non-hydrogen) atoms. The van der Waals surface area contributed by atoms with Crippen molar-refractivity contribution in [2.75, 3.05) is 14.2 Å². The first-order valence-corrected chi connectivity index (χ1v) is 10.6. The first kappa shape index (κ1) is 23.7. The molecule has 0 atom stereocenters. The zero-order chi connectivity index (χ0) is 24.9. The number of pyridine rings is 3. The number of amides is 1. The van der Waals surface area contributed by atoms with Gasteiger partial charge in [-0.25, -0.2) is 13.8 Å². The van der Waals surface area contributed by atoms with Gasteiger partial charge in [-0.1, -0.05) is 6.07 Å². The van der Waals surface area contributed by atoms with E-state index in [0.29, 0.717) is 17.0 Å². The highest BCUT2D eigenvalue weighted by molar-refractivity contribution is 6.01. The number of halogens is 2. The molecule has 4 rings (SSSR count). The van der Waals surface area contributed by atoms with Crippen LogP contribution in [0.2, 0.25) is 0 Å². The molecule has 1 aromatic carbocycles. The van der Waals surface area contributed by atoms with E-state index >= 15 is 0 Å². The monoisotopic (exact) mass is 476 g/mol. The Labute approximate surface area is 200 Å². The van der Waals surface area contributed by atoms with Crippen LogP contribution < -0.4 is 14.8 Å². The van der Waals surface area contributed by atoms with Gasteiger partial charge in [-0.05, 0) is 48.9 Å². The van der Waals surface area contributed by atoms with E-state index in [4.69, 9.17) is 9.47 Å². The molecule has 9 heteroatoms. The summed E-state index contributed by atoms with van der Waals surface area (Å²) in [7, 11) is 2.96. The van der Waals surface area contributed by atoms with Crippen LogP contribution in [-0.2, 0) is 6.54 Å². The molecule has 0 saturated heterocycles. The van der Waals surface area contributed by atoms with E-state index in [1.165, 1.54) is 32.5 Å². The molecule has 1 N–H and O–H groups in total. The molecular formula is C26H22F2N4O3. The van der Waals surface area contributed by atoms with E-state index in [9.17, 15) is 13.6 Å². The van der Waals surface area contributed by atoms with Gasteiger partial charge >= 0.3 is 0 Å².